The summed E-state index contributed by atoms with van der Waals surface area (Å²) in [6.45, 7) is 2.32. The van der Waals surface area contributed by atoms with Gasteiger partial charge in [0.15, 0.2) is 5.69 Å². The van der Waals surface area contributed by atoms with Crippen LogP contribution in [-0.2, 0) is 20.6 Å². The molecule has 0 bridgehead atoms. The minimum Gasteiger partial charge on any atom is -0.355 e. The Bertz CT molecular complexity index is 1610. The Labute approximate surface area is 215 Å². The molecule has 0 unspecified atom stereocenters. The summed E-state index contributed by atoms with van der Waals surface area (Å²) in [6, 6.07) is 21.4. The zero-order valence-electron chi connectivity index (χ0n) is 21.2. The van der Waals surface area contributed by atoms with Gasteiger partial charge in [-0.25, -0.2) is 4.98 Å². The first-order chi connectivity index (χ1) is 17.8. The molecule has 8 nitrogen and oxygen atoms in total. The molecule has 0 aliphatic rings. The normalized spacial score (nSPS) is 11.0. The van der Waals surface area contributed by atoms with Crippen molar-refractivity contribution in [2.45, 2.75) is 13.5 Å². The molecule has 0 radical (unpaired) electrons. The Kier molecular flexibility index (Phi) is 6.31. The number of imidazole rings is 1. The van der Waals surface area contributed by atoms with Crippen LogP contribution in [0.1, 0.15) is 32.1 Å². The van der Waals surface area contributed by atoms with Crippen LogP contribution in [0.15, 0.2) is 72.9 Å². The Hall–Kier alpha value is -4.72. The molecule has 0 aliphatic carbocycles. The van der Waals surface area contributed by atoms with Crippen molar-refractivity contribution in [1.82, 2.24) is 30.0 Å². The van der Waals surface area contributed by atoms with Crippen LogP contribution in [0.25, 0.3) is 33.4 Å². The molecule has 0 aliphatic heterocycles. The summed E-state index contributed by atoms with van der Waals surface area (Å²) in [6.07, 6.45) is 2.01. The third-order valence-electron chi connectivity index (χ3n) is 6.43. The number of nitrogens with zero attached hydrogens (tertiary/aromatic N) is 4. The second kappa shape index (κ2) is 9.73. The summed E-state index contributed by atoms with van der Waals surface area (Å²) in [5.41, 5.74) is 6.80. The fourth-order valence-corrected chi connectivity index (χ4v) is 4.49. The summed E-state index contributed by atoms with van der Waals surface area (Å²) in [5.74, 6) is 0.528. The molecule has 186 valence electrons. The first kappa shape index (κ1) is 24.0. The van der Waals surface area contributed by atoms with Gasteiger partial charge in [0, 0.05) is 50.4 Å². The van der Waals surface area contributed by atoms with Gasteiger partial charge in [-0.15, -0.1) is 0 Å². The van der Waals surface area contributed by atoms with Crippen molar-refractivity contribution >= 4 is 22.7 Å². The van der Waals surface area contributed by atoms with Gasteiger partial charge >= 0.3 is 0 Å². The summed E-state index contributed by atoms with van der Waals surface area (Å²) >= 11 is 0. The van der Waals surface area contributed by atoms with Crippen LogP contribution in [-0.4, -0.2) is 38.2 Å². The number of aryl methyl sites for hydroxylation is 3. The minimum atomic E-state index is -0.251. The van der Waals surface area contributed by atoms with Crippen molar-refractivity contribution in [3.63, 3.8) is 0 Å². The van der Waals surface area contributed by atoms with Gasteiger partial charge in [-0.2, -0.15) is 5.10 Å². The highest BCUT2D eigenvalue weighted by molar-refractivity contribution is 6.06. The lowest BCUT2D eigenvalue weighted by atomic mass is 10.0. The average Bonchev–Trinajstić information content (AvgIpc) is 3.44. The van der Waals surface area contributed by atoms with Crippen LogP contribution in [0.2, 0.25) is 0 Å². The number of benzene rings is 3. The maximum Gasteiger partial charge on any atom is 0.272 e. The number of carbonyl (C=O) groups excluding carboxylic acids is 2. The topological polar surface area (TPSA) is 93.8 Å². The van der Waals surface area contributed by atoms with Gasteiger partial charge in [-0.1, -0.05) is 42.5 Å². The second-order valence-electron chi connectivity index (χ2n) is 9.06. The highest BCUT2D eigenvalue weighted by Crippen LogP contribution is 2.28. The number of hydrogen-bond donors (Lipinski definition) is 2. The van der Waals surface area contributed by atoms with E-state index in [4.69, 9.17) is 0 Å². The number of nitrogens with one attached hydrogen (secondary N) is 2. The molecule has 2 N–H and O–H groups in total. The Morgan fingerprint density at radius 2 is 1.54 bits per heavy atom. The zero-order chi connectivity index (χ0) is 26.1. The number of hydrogen-bond acceptors (Lipinski definition) is 4. The van der Waals surface area contributed by atoms with Gasteiger partial charge in [-0.3, -0.25) is 14.3 Å². The van der Waals surface area contributed by atoms with E-state index in [1.54, 1.807) is 23.9 Å². The minimum absolute atomic E-state index is 0.146. The SMILES string of the molecule is CNC(=O)c1ccc(CNC(=O)c2nn(C)c3ccc(-c4ccc(-c5nc(C)cn5C)cc4)cc23)cc1. The Morgan fingerprint density at radius 1 is 0.865 bits per heavy atom. The van der Waals surface area contributed by atoms with Gasteiger partial charge in [-0.05, 0) is 47.9 Å². The van der Waals surface area contributed by atoms with Crippen molar-refractivity contribution in [3.8, 4) is 22.5 Å². The molecule has 8 heteroatoms. The molecule has 2 amide bonds. The zero-order valence-corrected chi connectivity index (χ0v) is 21.2. The number of carbonyl (C=O) groups is 2. The summed E-state index contributed by atoms with van der Waals surface area (Å²) in [7, 11) is 5.42. The summed E-state index contributed by atoms with van der Waals surface area (Å²) in [4.78, 5) is 29.4. The van der Waals surface area contributed by atoms with E-state index in [9.17, 15) is 9.59 Å². The quantitative estimate of drug-likeness (QED) is 0.371. The lowest BCUT2D eigenvalue weighted by Gasteiger charge is -2.07. The lowest BCUT2D eigenvalue weighted by Crippen LogP contribution is -2.23. The molecule has 0 spiro atoms. The molecule has 5 rings (SSSR count). The Balaban J connectivity index is 1.37. The molecule has 2 aromatic heterocycles. The van der Waals surface area contributed by atoms with Gasteiger partial charge < -0.3 is 15.2 Å². The number of fused-ring (bicyclic) bond motifs is 1. The van der Waals surface area contributed by atoms with E-state index in [2.05, 4.69) is 45.0 Å². The third-order valence-corrected chi connectivity index (χ3v) is 6.43. The fraction of sp³-hybridized carbons (Fsp3) is 0.172. The predicted octanol–water partition coefficient (Wildman–Crippen LogP) is 4.24. The van der Waals surface area contributed by atoms with E-state index in [1.165, 1.54) is 0 Å². The maximum absolute atomic E-state index is 13.1. The first-order valence-corrected chi connectivity index (χ1v) is 12.0. The largest absolute Gasteiger partial charge is 0.355 e. The molecule has 2 heterocycles. The van der Waals surface area contributed by atoms with Crippen LogP contribution in [0.4, 0.5) is 0 Å². The second-order valence-corrected chi connectivity index (χ2v) is 9.06. The molecule has 0 atom stereocenters. The highest BCUT2D eigenvalue weighted by atomic mass is 16.2. The third kappa shape index (κ3) is 4.73. The van der Waals surface area contributed by atoms with Gasteiger partial charge in [0.2, 0.25) is 0 Å². The standard InChI is InChI=1S/C29H28N6O2/c1-18-17-34(3)27(32-18)21-11-9-20(10-12-21)23-13-14-25-24(15-23)26(33-35(25)4)29(37)31-16-19-5-7-22(8-6-19)28(36)30-2/h5-15,17H,16H2,1-4H3,(H,30,36)(H,31,37). The maximum atomic E-state index is 13.1. The van der Waals surface area contributed by atoms with Crippen molar-refractivity contribution in [2.24, 2.45) is 14.1 Å². The van der Waals surface area contributed by atoms with E-state index >= 15 is 0 Å². The Morgan fingerprint density at radius 3 is 2.19 bits per heavy atom. The number of amides is 2. The van der Waals surface area contributed by atoms with Crippen LogP contribution < -0.4 is 10.6 Å². The van der Waals surface area contributed by atoms with Crippen molar-refractivity contribution in [1.29, 1.82) is 0 Å². The lowest BCUT2D eigenvalue weighted by molar-refractivity contribution is 0.0942. The van der Waals surface area contributed by atoms with Gasteiger partial charge in [0.1, 0.15) is 5.82 Å². The molecule has 0 saturated heterocycles. The first-order valence-electron chi connectivity index (χ1n) is 12.0. The van der Waals surface area contributed by atoms with Crippen molar-refractivity contribution in [2.75, 3.05) is 7.05 Å². The fourth-order valence-electron chi connectivity index (χ4n) is 4.49. The molecule has 37 heavy (non-hydrogen) atoms. The van der Waals surface area contributed by atoms with Crippen LogP contribution in [0.3, 0.4) is 0 Å². The van der Waals surface area contributed by atoms with Crippen LogP contribution >= 0.6 is 0 Å². The molecule has 0 fully saturated rings. The average molecular weight is 493 g/mol. The van der Waals surface area contributed by atoms with Crippen LogP contribution in [0.5, 0.6) is 0 Å². The molecular formula is C29H28N6O2. The summed E-state index contributed by atoms with van der Waals surface area (Å²) in [5, 5.41) is 10.8. The smallest absolute Gasteiger partial charge is 0.272 e. The van der Waals surface area contributed by atoms with E-state index in [0.717, 1.165) is 44.7 Å². The van der Waals surface area contributed by atoms with Crippen LogP contribution in [0, 0.1) is 6.92 Å². The number of aromatic nitrogens is 4. The van der Waals surface area contributed by atoms with E-state index < -0.39 is 0 Å². The van der Waals surface area contributed by atoms with Crippen molar-refractivity contribution in [3.05, 3.63) is 95.4 Å². The summed E-state index contributed by atoms with van der Waals surface area (Å²) < 4.78 is 3.74. The molecule has 3 aromatic carbocycles. The van der Waals surface area contributed by atoms with E-state index in [0.29, 0.717) is 17.8 Å². The predicted molar refractivity (Wildman–Crippen MR) is 144 cm³/mol. The monoisotopic (exact) mass is 492 g/mol. The molecule has 0 saturated carbocycles. The number of rotatable bonds is 6. The van der Waals surface area contributed by atoms with Gasteiger partial charge in [0.05, 0.1) is 11.2 Å². The van der Waals surface area contributed by atoms with Gasteiger partial charge in [0.25, 0.3) is 11.8 Å². The highest BCUT2D eigenvalue weighted by Gasteiger charge is 2.17. The van der Waals surface area contributed by atoms with E-state index in [-0.39, 0.29) is 11.8 Å². The van der Waals surface area contributed by atoms with Crippen molar-refractivity contribution < 1.29 is 9.59 Å². The molecular weight excluding hydrogens is 464 g/mol. The van der Waals surface area contributed by atoms with E-state index in [1.807, 2.05) is 62.1 Å². The molecule has 5 aromatic rings.